The number of nitrogens with zero attached hydrogens (tertiary/aromatic N) is 6. The van der Waals surface area contributed by atoms with Crippen LogP contribution in [0.1, 0.15) is 34.7 Å². The molecule has 1 amide bonds. The molecule has 0 saturated heterocycles. The lowest BCUT2D eigenvalue weighted by atomic mass is 9.86. The first-order chi connectivity index (χ1) is 17.1. The smallest absolute Gasteiger partial charge is 0.226 e. The van der Waals surface area contributed by atoms with Gasteiger partial charge in [-0.15, -0.1) is 15.3 Å². The maximum Gasteiger partial charge on any atom is 0.226 e. The molecule has 2 aromatic carbocycles. The molecule has 174 valence electrons. The van der Waals surface area contributed by atoms with E-state index in [1.807, 2.05) is 55.5 Å². The predicted octanol–water partition coefficient (Wildman–Crippen LogP) is 4.32. The molecular formula is C25H20ClN7O2. The average molecular weight is 486 g/mol. The first-order valence-corrected chi connectivity index (χ1v) is 11.5. The Hall–Kier alpha value is -4.24. The van der Waals surface area contributed by atoms with Crippen LogP contribution in [0.5, 0.6) is 5.75 Å². The fourth-order valence-electron chi connectivity index (χ4n) is 4.43. The number of halogens is 1. The second-order valence-electron chi connectivity index (χ2n) is 8.34. The van der Waals surface area contributed by atoms with E-state index in [2.05, 4.69) is 20.6 Å². The van der Waals surface area contributed by atoms with Crippen molar-refractivity contribution in [2.75, 3.05) is 5.32 Å². The van der Waals surface area contributed by atoms with Gasteiger partial charge in [0.25, 0.3) is 0 Å². The minimum Gasteiger partial charge on any atom is -0.489 e. The van der Waals surface area contributed by atoms with Gasteiger partial charge in [-0.1, -0.05) is 41.9 Å². The monoisotopic (exact) mass is 485 g/mol. The molecule has 0 unspecified atom stereocenters. The number of carbonyl (C=O) groups excluding carboxylic acids is 1. The number of hydrogen-bond acceptors (Lipinski definition) is 6. The molecule has 0 saturated carbocycles. The van der Waals surface area contributed by atoms with Gasteiger partial charge in [0, 0.05) is 28.5 Å². The number of benzene rings is 2. The molecule has 0 spiro atoms. The summed E-state index contributed by atoms with van der Waals surface area (Å²) >= 11 is 6.26. The van der Waals surface area contributed by atoms with E-state index in [9.17, 15) is 4.79 Å². The van der Waals surface area contributed by atoms with Crippen LogP contribution in [-0.2, 0) is 11.4 Å². The van der Waals surface area contributed by atoms with Crippen molar-refractivity contribution in [1.29, 1.82) is 0 Å². The molecule has 5 aromatic rings. The summed E-state index contributed by atoms with van der Waals surface area (Å²) in [5, 5.41) is 20.8. The van der Waals surface area contributed by atoms with Crippen LogP contribution >= 0.6 is 11.6 Å². The number of rotatable bonds is 5. The molecule has 1 aliphatic rings. The highest BCUT2D eigenvalue weighted by atomic mass is 35.5. The summed E-state index contributed by atoms with van der Waals surface area (Å²) in [6, 6.07) is 19.0. The summed E-state index contributed by atoms with van der Waals surface area (Å²) in [5.74, 6) is 1.62. The van der Waals surface area contributed by atoms with Crippen molar-refractivity contribution >= 4 is 29.0 Å². The van der Waals surface area contributed by atoms with Crippen LogP contribution in [0.2, 0.25) is 5.02 Å². The Balaban J connectivity index is 1.35. The van der Waals surface area contributed by atoms with E-state index < -0.39 is 0 Å². The average Bonchev–Trinajstić information content (AvgIpc) is 3.47. The fourth-order valence-corrected chi connectivity index (χ4v) is 4.62. The Bertz CT molecular complexity index is 1580. The molecule has 6 rings (SSSR count). The summed E-state index contributed by atoms with van der Waals surface area (Å²) in [6.07, 6.45) is 1.84. The highest BCUT2D eigenvalue weighted by molar-refractivity contribution is 6.31. The minimum absolute atomic E-state index is 0.0867. The van der Waals surface area contributed by atoms with Crippen molar-refractivity contribution in [3.05, 3.63) is 94.4 Å². The van der Waals surface area contributed by atoms with Gasteiger partial charge in [-0.05, 0) is 42.8 Å². The number of nitrogens with one attached hydrogen (secondary N) is 1. The topological polar surface area (TPSA) is 99.2 Å². The Morgan fingerprint density at radius 3 is 2.89 bits per heavy atom. The second kappa shape index (κ2) is 8.52. The van der Waals surface area contributed by atoms with Gasteiger partial charge in [0.2, 0.25) is 5.91 Å². The Morgan fingerprint density at radius 2 is 2.00 bits per heavy atom. The number of fused-ring (bicyclic) bond motifs is 2. The normalized spacial score (nSPS) is 15.1. The number of hydrogen-bond donors (Lipinski definition) is 1. The number of amides is 1. The predicted molar refractivity (Wildman–Crippen MR) is 130 cm³/mol. The molecule has 0 radical (unpaired) electrons. The fraction of sp³-hybridized carbons (Fsp3) is 0.160. The van der Waals surface area contributed by atoms with Crippen LogP contribution in [-0.4, -0.2) is 35.5 Å². The summed E-state index contributed by atoms with van der Waals surface area (Å²) < 4.78 is 9.26. The lowest BCUT2D eigenvalue weighted by molar-refractivity contribution is -0.116. The van der Waals surface area contributed by atoms with Gasteiger partial charge in [-0.3, -0.25) is 4.79 Å². The molecule has 1 aliphatic heterocycles. The third-order valence-corrected chi connectivity index (χ3v) is 6.45. The van der Waals surface area contributed by atoms with Crippen LogP contribution in [0, 0.1) is 6.92 Å². The zero-order valence-electron chi connectivity index (χ0n) is 18.7. The van der Waals surface area contributed by atoms with E-state index in [0.717, 1.165) is 22.4 Å². The van der Waals surface area contributed by atoms with Crippen LogP contribution in [0.4, 0.5) is 5.82 Å². The summed E-state index contributed by atoms with van der Waals surface area (Å²) in [5.41, 5.74) is 4.29. The summed E-state index contributed by atoms with van der Waals surface area (Å²) in [6.45, 7) is 2.29. The quantitative estimate of drug-likeness (QED) is 0.398. The van der Waals surface area contributed by atoms with Gasteiger partial charge in [-0.25, -0.2) is 0 Å². The molecule has 35 heavy (non-hydrogen) atoms. The van der Waals surface area contributed by atoms with E-state index in [1.54, 1.807) is 21.3 Å². The van der Waals surface area contributed by atoms with E-state index in [1.165, 1.54) is 6.33 Å². The number of ether oxygens (including phenoxy) is 1. The zero-order chi connectivity index (χ0) is 23.9. The van der Waals surface area contributed by atoms with Gasteiger partial charge < -0.3 is 10.1 Å². The van der Waals surface area contributed by atoms with Crippen LogP contribution in [0.25, 0.3) is 11.5 Å². The van der Waals surface area contributed by atoms with Gasteiger partial charge in [0.05, 0.1) is 5.69 Å². The van der Waals surface area contributed by atoms with Crippen molar-refractivity contribution in [1.82, 2.24) is 29.6 Å². The SMILES string of the molecule is Cc1nn(-c2ccc3nncn3n2)c2c1[C@H](c1cccc(OCc3ccccc3Cl)c1)CC(=O)N2. The van der Waals surface area contributed by atoms with Gasteiger partial charge >= 0.3 is 0 Å². The summed E-state index contributed by atoms with van der Waals surface area (Å²) in [4.78, 5) is 12.8. The van der Waals surface area contributed by atoms with E-state index in [-0.39, 0.29) is 11.8 Å². The maximum atomic E-state index is 12.8. The van der Waals surface area contributed by atoms with Crippen molar-refractivity contribution in [2.24, 2.45) is 0 Å². The largest absolute Gasteiger partial charge is 0.489 e. The van der Waals surface area contributed by atoms with E-state index >= 15 is 0 Å². The molecule has 0 fully saturated rings. The van der Waals surface area contributed by atoms with Crippen LogP contribution in [0.3, 0.4) is 0 Å². The Kier molecular flexibility index (Phi) is 5.18. The first-order valence-electron chi connectivity index (χ1n) is 11.1. The third-order valence-electron chi connectivity index (χ3n) is 6.08. The molecular weight excluding hydrogens is 466 g/mol. The molecule has 1 atom stereocenters. The van der Waals surface area contributed by atoms with Crippen molar-refractivity contribution in [3.8, 4) is 11.6 Å². The molecule has 0 bridgehead atoms. The highest BCUT2D eigenvalue weighted by Crippen LogP contribution is 2.40. The van der Waals surface area contributed by atoms with Crippen molar-refractivity contribution < 1.29 is 9.53 Å². The van der Waals surface area contributed by atoms with Crippen molar-refractivity contribution in [2.45, 2.75) is 25.9 Å². The Labute approximate surface area is 205 Å². The van der Waals surface area contributed by atoms with Gasteiger partial charge in [0.1, 0.15) is 24.5 Å². The van der Waals surface area contributed by atoms with E-state index in [4.69, 9.17) is 21.4 Å². The lowest BCUT2D eigenvalue weighted by Gasteiger charge is -2.24. The number of aromatic nitrogens is 6. The minimum atomic E-state index is -0.171. The molecule has 0 aliphatic carbocycles. The van der Waals surface area contributed by atoms with Gasteiger partial charge in [-0.2, -0.15) is 14.3 Å². The number of aryl methyl sites for hydroxylation is 1. The summed E-state index contributed by atoms with van der Waals surface area (Å²) in [7, 11) is 0. The lowest BCUT2D eigenvalue weighted by Crippen LogP contribution is -2.25. The van der Waals surface area contributed by atoms with Crippen molar-refractivity contribution in [3.63, 3.8) is 0 Å². The standard InChI is InChI=1S/C25H20ClN7O2/c1-15-24-19(16-6-4-7-18(11-16)35-13-17-5-2-3-8-20(17)26)12-23(34)28-25(24)33(30-15)22-10-9-21-29-27-14-32(21)31-22/h2-11,14,19H,12-13H2,1H3,(H,28,34)/t19-/m0/s1. The highest BCUT2D eigenvalue weighted by Gasteiger charge is 2.33. The molecule has 1 N–H and O–H groups in total. The molecule has 10 heteroatoms. The maximum absolute atomic E-state index is 12.8. The first kappa shape index (κ1) is 21.3. The second-order valence-corrected chi connectivity index (χ2v) is 8.75. The molecule has 4 heterocycles. The van der Waals surface area contributed by atoms with E-state index in [0.29, 0.717) is 41.1 Å². The van der Waals surface area contributed by atoms with Gasteiger partial charge in [0.15, 0.2) is 11.5 Å². The third kappa shape index (κ3) is 3.89. The van der Waals surface area contributed by atoms with Crippen LogP contribution in [0.15, 0.2) is 67.0 Å². The number of anilines is 1. The number of carbonyl (C=O) groups is 1. The van der Waals surface area contributed by atoms with Crippen LogP contribution < -0.4 is 10.1 Å². The zero-order valence-corrected chi connectivity index (χ0v) is 19.5. The molecule has 9 nitrogen and oxygen atoms in total. The molecule has 3 aromatic heterocycles. The Morgan fingerprint density at radius 1 is 1.11 bits per heavy atom.